The molecule has 1 atom stereocenters. The van der Waals surface area contributed by atoms with Crippen molar-refractivity contribution in [2.45, 2.75) is 32.6 Å². The van der Waals surface area contributed by atoms with Crippen LogP contribution in [0.1, 0.15) is 48.7 Å². The second-order valence-electron chi connectivity index (χ2n) is 7.26. The zero-order valence-corrected chi connectivity index (χ0v) is 15.1. The molecule has 0 radical (unpaired) electrons. The highest BCUT2D eigenvalue weighted by molar-refractivity contribution is 6.01. The normalized spacial score (nSPS) is 21.8. The summed E-state index contributed by atoms with van der Waals surface area (Å²) in [6.07, 6.45) is 2.18. The van der Waals surface area contributed by atoms with Crippen molar-refractivity contribution in [1.82, 2.24) is 9.78 Å². The molecule has 1 unspecified atom stereocenters. The molecular formula is C18H20N4O4. The van der Waals surface area contributed by atoms with Crippen LogP contribution in [-0.2, 0) is 21.3 Å². The molecule has 0 amide bonds. The zero-order chi connectivity index (χ0) is 19.2. The second-order valence-corrected chi connectivity index (χ2v) is 7.26. The predicted molar refractivity (Wildman–Crippen MR) is 90.2 cm³/mol. The van der Waals surface area contributed by atoms with Gasteiger partial charge in [0.2, 0.25) is 5.88 Å². The Bertz CT molecular complexity index is 914. The second kappa shape index (κ2) is 6.02. The first-order valence-corrected chi connectivity index (χ1v) is 8.14. The fourth-order valence-corrected chi connectivity index (χ4v) is 3.61. The summed E-state index contributed by atoms with van der Waals surface area (Å²) >= 11 is 0. The topological polar surface area (TPSA) is 120 Å². The van der Waals surface area contributed by atoms with E-state index in [9.17, 15) is 14.9 Å². The number of ether oxygens (including phenoxy) is 2. The lowest BCUT2D eigenvalue weighted by molar-refractivity contribution is -0.119. The zero-order valence-electron chi connectivity index (χ0n) is 15.1. The molecule has 2 N–H and O–H groups in total. The van der Waals surface area contributed by atoms with Crippen LogP contribution in [0.4, 0.5) is 0 Å². The number of hydrogen-bond donors (Lipinski definition) is 1. The first-order valence-electron chi connectivity index (χ1n) is 8.14. The molecule has 0 spiro atoms. The van der Waals surface area contributed by atoms with Gasteiger partial charge in [0.05, 0.1) is 24.9 Å². The van der Waals surface area contributed by atoms with Gasteiger partial charge in [-0.05, 0) is 5.41 Å². The number of ketones is 1. The molecule has 8 nitrogen and oxygen atoms in total. The Morgan fingerprint density at radius 2 is 2.19 bits per heavy atom. The van der Waals surface area contributed by atoms with Crippen molar-refractivity contribution in [2.75, 3.05) is 7.11 Å². The summed E-state index contributed by atoms with van der Waals surface area (Å²) in [4.78, 5) is 25.1. The maximum atomic E-state index is 12.9. The fraction of sp³-hybridized carbons (Fsp3) is 0.444. The number of nitriles is 1. The van der Waals surface area contributed by atoms with Gasteiger partial charge in [0, 0.05) is 25.5 Å². The number of aromatic nitrogens is 2. The van der Waals surface area contributed by atoms with E-state index in [4.69, 9.17) is 15.2 Å². The molecule has 136 valence electrons. The molecule has 26 heavy (non-hydrogen) atoms. The minimum atomic E-state index is -0.811. The summed E-state index contributed by atoms with van der Waals surface area (Å²) in [5, 5.41) is 13.8. The molecule has 1 aromatic heterocycles. The third-order valence-electron chi connectivity index (χ3n) is 4.74. The number of carbonyl (C=O) groups is 2. The van der Waals surface area contributed by atoms with Crippen molar-refractivity contribution in [1.29, 1.82) is 5.26 Å². The van der Waals surface area contributed by atoms with E-state index >= 15 is 0 Å². The predicted octanol–water partition coefficient (Wildman–Crippen LogP) is 1.66. The average Bonchev–Trinajstić information content (AvgIpc) is 2.92. The SMILES string of the molecule is COC(=O)c1cnn(C)c1C1C(C#N)=C(N)OC2=C1C(=O)CC(C)(C)C2. The Balaban J connectivity index is 2.26. The number of aryl methyl sites for hydroxylation is 1. The number of carbonyl (C=O) groups excluding carboxylic acids is 2. The van der Waals surface area contributed by atoms with Crippen molar-refractivity contribution in [2.24, 2.45) is 18.2 Å². The Kier molecular flexibility index (Phi) is 4.11. The molecule has 0 fully saturated rings. The van der Waals surface area contributed by atoms with Gasteiger partial charge in [-0.2, -0.15) is 10.4 Å². The number of nitrogens with zero attached hydrogens (tertiary/aromatic N) is 3. The van der Waals surface area contributed by atoms with Gasteiger partial charge in [-0.15, -0.1) is 0 Å². The smallest absolute Gasteiger partial charge is 0.341 e. The highest BCUT2D eigenvalue weighted by Gasteiger charge is 2.45. The van der Waals surface area contributed by atoms with Gasteiger partial charge in [0.1, 0.15) is 23.0 Å². The monoisotopic (exact) mass is 356 g/mol. The van der Waals surface area contributed by atoms with E-state index in [-0.39, 0.29) is 28.2 Å². The van der Waals surface area contributed by atoms with E-state index in [2.05, 4.69) is 5.10 Å². The third-order valence-corrected chi connectivity index (χ3v) is 4.74. The molecule has 1 aliphatic carbocycles. The Morgan fingerprint density at radius 1 is 1.50 bits per heavy atom. The lowest BCUT2D eigenvalue weighted by atomic mass is 9.70. The fourth-order valence-electron chi connectivity index (χ4n) is 3.61. The molecule has 2 aliphatic rings. The number of methoxy groups -OCH3 is 1. The average molecular weight is 356 g/mol. The van der Waals surface area contributed by atoms with E-state index in [1.54, 1.807) is 7.05 Å². The van der Waals surface area contributed by atoms with Gasteiger partial charge in [-0.3, -0.25) is 9.48 Å². The van der Waals surface area contributed by atoms with E-state index in [0.29, 0.717) is 29.9 Å². The van der Waals surface area contributed by atoms with Crippen molar-refractivity contribution in [3.8, 4) is 6.07 Å². The molecule has 0 saturated heterocycles. The van der Waals surface area contributed by atoms with Crippen molar-refractivity contribution in [3.05, 3.63) is 40.2 Å². The largest absolute Gasteiger partial charge is 0.465 e. The van der Waals surface area contributed by atoms with Crippen molar-refractivity contribution < 1.29 is 19.1 Å². The quantitative estimate of drug-likeness (QED) is 0.800. The minimum absolute atomic E-state index is 0.0567. The highest BCUT2D eigenvalue weighted by Crippen LogP contribution is 2.48. The van der Waals surface area contributed by atoms with Crippen LogP contribution >= 0.6 is 0 Å². The maximum Gasteiger partial charge on any atom is 0.341 e. The van der Waals surface area contributed by atoms with Gasteiger partial charge in [-0.1, -0.05) is 13.8 Å². The summed E-state index contributed by atoms with van der Waals surface area (Å²) < 4.78 is 11.9. The van der Waals surface area contributed by atoms with Crippen LogP contribution in [0.2, 0.25) is 0 Å². The van der Waals surface area contributed by atoms with E-state index in [1.165, 1.54) is 18.0 Å². The molecule has 2 heterocycles. The minimum Gasteiger partial charge on any atom is -0.465 e. The van der Waals surface area contributed by atoms with Gasteiger partial charge < -0.3 is 15.2 Å². The number of esters is 1. The maximum absolute atomic E-state index is 12.9. The van der Waals surface area contributed by atoms with Gasteiger partial charge in [-0.25, -0.2) is 4.79 Å². The molecule has 1 aliphatic heterocycles. The van der Waals surface area contributed by atoms with Crippen LogP contribution in [0.15, 0.2) is 29.0 Å². The first-order chi connectivity index (χ1) is 12.2. The number of nitrogens with two attached hydrogens (primary N) is 1. The highest BCUT2D eigenvalue weighted by atomic mass is 16.5. The van der Waals surface area contributed by atoms with Gasteiger partial charge >= 0.3 is 5.97 Å². The van der Waals surface area contributed by atoms with Gasteiger partial charge in [0.15, 0.2) is 5.78 Å². The summed E-state index contributed by atoms with van der Waals surface area (Å²) in [6, 6.07) is 2.03. The number of hydrogen-bond acceptors (Lipinski definition) is 7. The number of allylic oxidation sites excluding steroid dienone is 3. The molecule has 3 rings (SSSR count). The summed E-state index contributed by atoms with van der Waals surface area (Å²) in [5.74, 6) is -1.14. The number of Topliss-reactive ketones (excluding diaryl/α,β-unsaturated/α-hetero) is 1. The van der Waals surface area contributed by atoms with E-state index < -0.39 is 11.9 Å². The Labute approximate surface area is 150 Å². The van der Waals surface area contributed by atoms with E-state index in [1.807, 2.05) is 19.9 Å². The summed E-state index contributed by atoms with van der Waals surface area (Å²) in [6.45, 7) is 3.94. The summed E-state index contributed by atoms with van der Waals surface area (Å²) in [5.41, 5.74) is 6.73. The molecule has 8 heteroatoms. The molecule has 0 saturated carbocycles. The standard InChI is InChI=1S/C18H20N4O4/c1-18(2)5-11(23)14-12(6-18)26-16(20)9(7-19)13(14)15-10(17(24)25-4)8-21-22(15)3/h8,13H,5-6,20H2,1-4H3. The lowest BCUT2D eigenvalue weighted by Crippen LogP contribution is -2.34. The third kappa shape index (κ3) is 2.65. The molecule has 1 aromatic rings. The van der Waals surface area contributed by atoms with Crippen LogP contribution < -0.4 is 5.73 Å². The van der Waals surface area contributed by atoms with E-state index in [0.717, 1.165) is 0 Å². The van der Waals surface area contributed by atoms with Crippen LogP contribution in [0.5, 0.6) is 0 Å². The van der Waals surface area contributed by atoms with Crippen LogP contribution in [-0.4, -0.2) is 28.6 Å². The van der Waals surface area contributed by atoms with Crippen LogP contribution in [0.25, 0.3) is 0 Å². The van der Waals surface area contributed by atoms with Crippen molar-refractivity contribution in [3.63, 3.8) is 0 Å². The first kappa shape index (κ1) is 17.7. The Hall–Kier alpha value is -3.08. The molecular weight excluding hydrogens is 336 g/mol. The van der Waals surface area contributed by atoms with Crippen LogP contribution in [0.3, 0.4) is 0 Å². The molecule has 0 bridgehead atoms. The van der Waals surface area contributed by atoms with Crippen molar-refractivity contribution >= 4 is 11.8 Å². The molecule has 0 aromatic carbocycles. The summed E-state index contributed by atoms with van der Waals surface area (Å²) in [7, 11) is 2.90. The van der Waals surface area contributed by atoms with Gasteiger partial charge in [0.25, 0.3) is 0 Å². The lowest BCUT2D eigenvalue weighted by Gasteiger charge is -2.37. The van der Waals surface area contributed by atoms with Crippen LogP contribution in [0, 0.1) is 16.7 Å². The Morgan fingerprint density at radius 3 is 2.81 bits per heavy atom. The number of rotatable bonds is 2.